The third kappa shape index (κ3) is 7.26. The van der Waals surface area contributed by atoms with E-state index in [4.69, 9.17) is 0 Å². The second kappa shape index (κ2) is 11.8. The van der Waals surface area contributed by atoms with E-state index < -0.39 is 0 Å². The van der Waals surface area contributed by atoms with Gasteiger partial charge >= 0.3 is 6.03 Å². The van der Waals surface area contributed by atoms with Gasteiger partial charge in [0.2, 0.25) is 5.91 Å². The number of urea groups is 1. The maximum atomic E-state index is 12.5. The lowest BCUT2D eigenvalue weighted by Crippen LogP contribution is -2.46. The van der Waals surface area contributed by atoms with Crippen molar-refractivity contribution in [1.29, 1.82) is 0 Å². The fraction of sp³-hybridized carbons (Fsp3) is 0.393. The monoisotopic (exact) mass is 473 g/mol. The number of carbonyl (C=O) groups excluding carboxylic acids is 2. The Morgan fingerprint density at radius 1 is 1.03 bits per heavy atom. The molecule has 3 amide bonds. The van der Waals surface area contributed by atoms with Gasteiger partial charge in [0.25, 0.3) is 0 Å². The smallest absolute Gasteiger partial charge is 0.319 e. The molecule has 7 nitrogen and oxygen atoms in total. The van der Waals surface area contributed by atoms with Crippen LogP contribution in [0.2, 0.25) is 0 Å². The number of aryl methyl sites for hydroxylation is 3. The molecule has 1 saturated heterocycles. The van der Waals surface area contributed by atoms with E-state index in [1.807, 2.05) is 37.3 Å². The van der Waals surface area contributed by atoms with Gasteiger partial charge in [-0.25, -0.2) is 4.79 Å². The van der Waals surface area contributed by atoms with E-state index in [-0.39, 0.29) is 18.0 Å². The lowest BCUT2D eigenvalue weighted by Gasteiger charge is -2.32. The molecule has 0 atom stereocenters. The maximum Gasteiger partial charge on any atom is 0.319 e. The van der Waals surface area contributed by atoms with Crippen molar-refractivity contribution in [2.75, 3.05) is 31.5 Å². The molecule has 0 radical (unpaired) electrons. The number of para-hydroxylation sites is 1. The molecular formula is C28H35N5O2. The first-order chi connectivity index (χ1) is 17.0. The topological polar surface area (TPSA) is 86.4 Å². The number of hydrogen-bond acceptors (Lipinski definition) is 4. The third-order valence-corrected chi connectivity index (χ3v) is 6.52. The molecule has 0 spiro atoms. The average molecular weight is 474 g/mol. The first kappa shape index (κ1) is 24.7. The molecule has 0 unspecified atom stereocenters. The molecule has 184 valence electrons. The Morgan fingerprint density at radius 3 is 2.54 bits per heavy atom. The largest absolute Gasteiger partial charge is 0.353 e. The van der Waals surface area contributed by atoms with Crippen LogP contribution in [0.5, 0.6) is 0 Å². The van der Waals surface area contributed by atoms with Gasteiger partial charge in [-0.1, -0.05) is 48.0 Å². The zero-order valence-electron chi connectivity index (χ0n) is 20.6. The number of piperidine rings is 1. The Balaban J connectivity index is 1.13. The summed E-state index contributed by atoms with van der Waals surface area (Å²) in [6.07, 6.45) is 3.16. The van der Waals surface area contributed by atoms with Gasteiger partial charge in [0.15, 0.2) is 0 Å². The Bertz CT molecular complexity index is 1150. The summed E-state index contributed by atoms with van der Waals surface area (Å²) in [4.78, 5) is 31.7. The molecule has 0 saturated carbocycles. The molecule has 1 aliphatic heterocycles. The van der Waals surface area contributed by atoms with Crippen LogP contribution in [0, 0.1) is 13.8 Å². The van der Waals surface area contributed by atoms with Crippen molar-refractivity contribution >= 4 is 28.5 Å². The molecule has 3 aromatic rings. The van der Waals surface area contributed by atoms with E-state index >= 15 is 0 Å². The van der Waals surface area contributed by atoms with Gasteiger partial charge in [-0.15, -0.1) is 0 Å². The summed E-state index contributed by atoms with van der Waals surface area (Å²) < 4.78 is 0. The lowest BCUT2D eigenvalue weighted by atomic mass is 10.0. The zero-order chi connectivity index (χ0) is 24.6. The van der Waals surface area contributed by atoms with Gasteiger partial charge in [0.05, 0.1) is 11.2 Å². The van der Waals surface area contributed by atoms with Crippen LogP contribution in [0.1, 0.15) is 36.1 Å². The summed E-state index contributed by atoms with van der Waals surface area (Å²) >= 11 is 0. The fourth-order valence-electron chi connectivity index (χ4n) is 4.52. The molecule has 3 N–H and O–H groups in total. The molecule has 1 fully saturated rings. The lowest BCUT2D eigenvalue weighted by molar-refractivity contribution is -0.122. The van der Waals surface area contributed by atoms with Crippen molar-refractivity contribution in [2.45, 2.75) is 45.6 Å². The Morgan fingerprint density at radius 2 is 1.77 bits per heavy atom. The van der Waals surface area contributed by atoms with Crippen LogP contribution in [0.4, 0.5) is 10.5 Å². The number of benzene rings is 2. The predicted octanol–water partition coefficient (Wildman–Crippen LogP) is 4.19. The highest BCUT2D eigenvalue weighted by atomic mass is 16.2. The highest BCUT2D eigenvalue weighted by Gasteiger charge is 2.20. The van der Waals surface area contributed by atoms with Crippen molar-refractivity contribution in [3.8, 4) is 0 Å². The highest BCUT2D eigenvalue weighted by Crippen LogP contribution is 2.22. The van der Waals surface area contributed by atoms with E-state index in [1.54, 1.807) is 0 Å². The minimum absolute atomic E-state index is 0.126. The number of aromatic nitrogens is 1. The van der Waals surface area contributed by atoms with E-state index in [1.165, 1.54) is 11.1 Å². The van der Waals surface area contributed by atoms with Crippen molar-refractivity contribution in [2.24, 2.45) is 0 Å². The zero-order valence-corrected chi connectivity index (χ0v) is 20.6. The van der Waals surface area contributed by atoms with Crippen molar-refractivity contribution in [3.63, 3.8) is 0 Å². The van der Waals surface area contributed by atoms with Gasteiger partial charge in [-0.05, 0) is 50.8 Å². The van der Waals surface area contributed by atoms with E-state index in [2.05, 4.69) is 57.0 Å². The maximum absolute atomic E-state index is 12.5. The summed E-state index contributed by atoms with van der Waals surface area (Å²) in [5.74, 6) is 0.126. The molecule has 2 aromatic carbocycles. The molecule has 4 rings (SSSR count). The van der Waals surface area contributed by atoms with Crippen LogP contribution in [0.25, 0.3) is 10.9 Å². The van der Waals surface area contributed by atoms with Crippen molar-refractivity contribution in [1.82, 2.24) is 20.5 Å². The summed E-state index contributed by atoms with van der Waals surface area (Å²) in [5.41, 5.74) is 4.93. The number of carbonyl (C=O) groups is 2. The number of amides is 3. The Kier molecular flexibility index (Phi) is 8.32. The molecule has 1 aliphatic rings. The number of pyridine rings is 1. The van der Waals surface area contributed by atoms with Crippen LogP contribution in [0.15, 0.2) is 54.6 Å². The van der Waals surface area contributed by atoms with Gasteiger partial charge < -0.3 is 20.9 Å². The fourth-order valence-corrected chi connectivity index (χ4v) is 4.52. The quantitative estimate of drug-likeness (QED) is 0.458. The highest BCUT2D eigenvalue weighted by molar-refractivity contribution is 6.00. The molecule has 0 aliphatic carbocycles. The standard InChI is InChI=1S/C28H35N5O2/c1-20-7-9-22(10-8-20)11-12-27(34)31-23-13-16-33(17-14-23)18-15-29-28(35)32-26-19-21(2)30-25-6-4-3-5-24(25)26/h3-10,19,23H,11-18H2,1-2H3,(H,31,34)(H2,29,30,32,35). The van der Waals surface area contributed by atoms with Crippen LogP contribution in [0.3, 0.4) is 0 Å². The number of rotatable bonds is 8. The summed E-state index contributed by atoms with van der Waals surface area (Å²) in [5, 5.41) is 10.0. The van der Waals surface area contributed by atoms with Crippen molar-refractivity contribution in [3.05, 3.63) is 71.4 Å². The molecular weight excluding hydrogens is 438 g/mol. The minimum atomic E-state index is -0.212. The Labute approximate surface area is 207 Å². The minimum Gasteiger partial charge on any atom is -0.353 e. The number of hydrogen-bond donors (Lipinski definition) is 3. The van der Waals surface area contributed by atoms with Crippen LogP contribution < -0.4 is 16.0 Å². The number of fused-ring (bicyclic) bond motifs is 1. The predicted molar refractivity (Wildman–Crippen MR) is 141 cm³/mol. The number of nitrogens with one attached hydrogen (secondary N) is 3. The molecule has 2 heterocycles. The van der Waals surface area contributed by atoms with Crippen molar-refractivity contribution < 1.29 is 9.59 Å². The first-order valence-corrected chi connectivity index (χ1v) is 12.4. The number of anilines is 1. The van der Waals surface area contributed by atoms with Gasteiger partial charge in [-0.2, -0.15) is 0 Å². The first-order valence-electron chi connectivity index (χ1n) is 12.4. The summed E-state index contributed by atoms with van der Waals surface area (Å²) in [7, 11) is 0. The summed E-state index contributed by atoms with van der Waals surface area (Å²) in [6, 6.07) is 18.1. The van der Waals surface area contributed by atoms with Crippen LogP contribution >= 0.6 is 0 Å². The molecule has 7 heteroatoms. The Hall–Kier alpha value is -3.45. The normalized spacial score (nSPS) is 14.6. The summed E-state index contributed by atoms with van der Waals surface area (Å²) in [6.45, 7) is 7.18. The average Bonchev–Trinajstić information content (AvgIpc) is 2.85. The molecule has 0 bridgehead atoms. The number of nitrogens with zero attached hydrogens (tertiary/aromatic N) is 2. The SMILES string of the molecule is Cc1ccc(CCC(=O)NC2CCN(CCNC(=O)Nc3cc(C)nc4ccccc34)CC2)cc1. The van der Waals surface area contributed by atoms with Gasteiger partial charge in [-0.3, -0.25) is 9.78 Å². The molecule has 1 aromatic heterocycles. The molecule has 35 heavy (non-hydrogen) atoms. The van der Waals surface area contributed by atoms with E-state index in [0.29, 0.717) is 13.0 Å². The van der Waals surface area contributed by atoms with Crippen LogP contribution in [-0.4, -0.2) is 54.0 Å². The van der Waals surface area contributed by atoms with Gasteiger partial charge in [0, 0.05) is 49.7 Å². The van der Waals surface area contributed by atoms with Crippen LogP contribution in [-0.2, 0) is 11.2 Å². The number of likely N-dealkylation sites (tertiary alicyclic amines) is 1. The third-order valence-electron chi connectivity index (χ3n) is 6.52. The second-order valence-electron chi connectivity index (χ2n) is 9.38. The second-order valence-corrected chi connectivity index (χ2v) is 9.38. The van der Waals surface area contributed by atoms with Gasteiger partial charge in [0.1, 0.15) is 0 Å². The van der Waals surface area contributed by atoms with E-state index in [0.717, 1.165) is 61.2 Å². The van der Waals surface area contributed by atoms with E-state index in [9.17, 15) is 9.59 Å².